The molecule has 1 aromatic carbocycles. The van der Waals surface area contributed by atoms with Crippen LogP contribution in [0, 0.1) is 0 Å². The number of rotatable bonds is 3. The summed E-state index contributed by atoms with van der Waals surface area (Å²) in [6, 6.07) is 8.18. The van der Waals surface area contributed by atoms with Gasteiger partial charge in [0.2, 0.25) is 0 Å². The lowest BCUT2D eigenvalue weighted by molar-refractivity contribution is 0.259. The van der Waals surface area contributed by atoms with Crippen LogP contribution in [-0.2, 0) is 10.0 Å². The summed E-state index contributed by atoms with van der Waals surface area (Å²) >= 11 is 0. The first kappa shape index (κ1) is 15.1. The molecule has 0 bridgehead atoms. The van der Waals surface area contributed by atoms with Gasteiger partial charge in [0.05, 0.1) is 19.9 Å². The number of para-hydroxylation sites is 1. The smallest absolute Gasteiger partial charge is 0.341 e. The Morgan fingerprint density at radius 3 is 2.52 bits per heavy atom. The number of ether oxygens (including phenoxy) is 2. The SMILES string of the molecule is COc1ccc(N2C(=O)Nc3ccccc3S2(=O)=O)nc1OC. The van der Waals surface area contributed by atoms with Crippen molar-refractivity contribution in [2.45, 2.75) is 4.90 Å². The molecule has 0 aliphatic carbocycles. The van der Waals surface area contributed by atoms with E-state index in [1.807, 2.05) is 0 Å². The van der Waals surface area contributed by atoms with Crippen LogP contribution in [0.15, 0.2) is 41.3 Å². The van der Waals surface area contributed by atoms with E-state index in [0.717, 1.165) is 0 Å². The van der Waals surface area contributed by atoms with E-state index in [0.29, 0.717) is 10.1 Å². The summed E-state index contributed by atoms with van der Waals surface area (Å²) in [6.45, 7) is 0. The lowest BCUT2D eigenvalue weighted by Gasteiger charge is -2.28. The van der Waals surface area contributed by atoms with Crippen molar-refractivity contribution in [3.63, 3.8) is 0 Å². The van der Waals surface area contributed by atoms with Gasteiger partial charge in [-0.2, -0.15) is 9.29 Å². The highest BCUT2D eigenvalue weighted by Gasteiger charge is 2.38. The Kier molecular flexibility index (Phi) is 3.57. The molecule has 0 fully saturated rings. The molecular formula is C14H13N3O5S. The third-order valence-corrected chi connectivity index (χ3v) is 5.01. The lowest BCUT2D eigenvalue weighted by atomic mass is 10.3. The molecule has 0 atom stereocenters. The van der Waals surface area contributed by atoms with Crippen LogP contribution in [0.3, 0.4) is 0 Å². The Morgan fingerprint density at radius 1 is 1.09 bits per heavy atom. The van der Waals surface area contributed by atoms with Gasteiger partial charge in [0.15, 0.2) is 11.6 Å². The Hall–Kier alpha value is -2.81. The van der Waals surface area contributed by atoms with Gasteiger partial charge in [0.25, 0.3) is 15.9 Å². The predicted molar refractivity (Wildman–Crippen MR) is 82.5 cm³/mol. The molecule has 1 aliphatic heterocycles. The molecule has 0 saturated heterocycles. The number of carbonyl (C=O) groups is 1. The van der Waals surface area contributed by atoms with Crippen LogP contribution in [0.1, 0.15) is 0 Å². The molecule has 120 valence electrons. The Morgan fingerprint density at radius 2 is 1.83 bits per heavy atom. The fraction of sp³-hybridized carbons (Fsp3) is 0.143. The van der Waals surface area contributed by atoms with Crippen LogP contribution in [0.2, 0.25) is 0 Å². The number of hydrogen-bond acceptors (Lipinski definition) is 6. The summed E-state index contributed by atoms with van der Waals surface area (Å²) in [5, 5.41) is 2.53. The van der Waals surface area contributed by atoms with Crippen molar-refractivity contribution in [1.82, 2.24) is 4.98 Å². The fourth-order valence-corrected chi connectivity index (χ4v) is 3.68. The van der Waals surface area contributed by atoms with Gasteiger partial charge < -0.3 is 14.8 Å². The normalized spacial score (nSPS) is 15.6. The van der Waals surface area contributed by atoms with Crippen molar-refractivity contribution in [3.8, 4) is 11.6 Å². The van der Waals surface area contributed by atoms with Crippen LogP contribution in [0.5, 0.6) is 11.6 Å². The molecular weight excluding hydrogens is 322 g/mol. The number of aromatic nitrogens is 1. The van der Waals surface area contributed by atoms with Crippen molar-refractivity contribution < 1.29 is 22.7 Å². The van der Waals surface area contributed by atoms with E-state index in [2.05, 4.69) is 10.3 Å². The van der Waals surface area contributed by atoms with E-state index in [4.69, 9.17) is 9.47 Å². The van der Waals surface area contributed by atoms with Gasteiger partial charge in [-0.1, -0.05) is 12.1 Å². The number of fused-ring (bicyclic) bond motifs is 1. The average molecular weight is 335 g/mol. The largest absolute Gasteiger partial charge is 0.491 e. The van der Waals surface area contributed by atoms with Crippen molar-refractivity contribution >= 4 is 27.6 Å². The summed E-state index contributed by atoms with van der Waals surface area (Å²) in [7, 11) is -1.27. The first-order chi connectivity index (χ1) is 11.0. The van der Waals surface area contributed by atoms with Crippen LogP contribution in [0.4, 0.5) is 16.3 Å². The second-order valence-electron chi connectivity index (χ2n) is 4.58. The summed E-state index contributed by atoms with van der Waals surface area (Å²) in [5.74, 6) is 0.313. The number of benzene rings is 1. The second kappa shape index (κ2) is 5.43. The molecule has 0 radical (unpaired) electrons. The maximum absolute atomic E-state index is 12.7. The maximum atomic E-state index is 12.7. The minimum absolute atomic E-state index is 0.00353. The van der Waals surface area contributed by atoms with E-state index < -0.39 is 16.1 Å². The third kappa shape index (κ3) is 2.34. The Balaban J connectivity index is 2.15. The maximum Gasteiger partial charge on any atom is 0.341 e. The zero-order valence-corrected chi connectivity index (χ0v) is 13.1. The van der Waals surface area contributed by atoms with E-state index in [1.165, 1.54) is 38.5 Å². The number of anilines is 2. The number of methoxy groups -OCH3 is 2. The first-order valence-electron chi connectivity index (χ1n) is 6.53. The molecule has 2 amide bonds. The van der Waals surface area contributed by atoms with Gasteiger partial charge in [-0.05, 0) is 24.3 Å². The molecule has 0 saturated carbocycles. The molecule has 2 aromatic rings. The van der Waals surface area contributed by atoms with Crippen molar-refractivity contribution in [1.29, 1.82) is 0 Å². The minimum Gasteiger partial charge on any atom is -0.491 e. The Bertz CT molecular complexity index is 882. The van der Waals surface area contributed by atoms with Crippen molar-refractivity contribution in [2.75, 3.05) is 23.8 Å². The molecule has 1 aromatic heterocycles. The number of amides is 2. The molecule has 2 heterocycles. The quantitative estimate of drug-likeness (QED) is 0.919. The van der Waals surface area contributed by atoms with Gasteiger partial charge in [0.1, 0.15) is 4.90 Å². The van der Waals surface area contributed by atoms with Gasteiger partial charge in [-0.3, -0.25) is 0 Å². The summed E-state index contributed by atoms with van der Waals surface area (Å²) in [6.07, 6.45) is 0. The molecule has 8 nitrogen and oxygen atoms in total. The molecule has 1 aliphatic rings. The molecule has 9 heteroatoms. The second-order valence-corrected chi connectivity index (χ2v) is 6.33. The first-order valence-corrected chi connectivity index (χ1v) is 7.97. The standard InChI is InChI=1S/C14H13N3O5S/c1-21-10-7-8-12(16-13(10)22-2)17-14(18)15-9-5-3-4-6-11(9)23(17,19)20/h3-8H,1-2H3,(H,15,18). The van der Waals surface area contributed by atoms with Gasteiger partial charge in [0, 0.05) is 0 Å². The van der Waals surface area contributed by atoms with Crippen LogP contribution in [0.25, 0.3) is 0 Å². The Labute approximate surface area is 132 Å². The van der Waals surface area contributed by atoms with Crippen LogP contribution in [-0.4, -0.2) is 33.7 Å². The fourth-order valence-electron chi connectivity index (χ4n) is 2.23. The zero-order valence-electron chi connectivity index (χ0n) is 12.3. The summed E-state index contributed by atoms with van der Waals surface area (Å²) in [5.41, 5.74) is 0.231. The van der Waals surface area contributed by atoms with Gasteiger partial charge in [-0.25, -0.2) is 13.2 Å². The molecule has 23 heavy (non-hydrogen) atoms. The van der Waals surface area contributed by atoms with Crippen molar-refractivity contribution in [2.24, 2.45) is 0 Å². The number of urea groups is 1. The highest BCUT2D eigenvalue weighted by atomic mass is 32.2. The monoisotopic (exact) mass is 335 g/mol. The lowest BCUT2D eigenvalue weighted by Crippen LogP contribution is -2.44. The number of nitrogens with zero attached hydrogens (tertiary/aromatic N) is 2. The molecule has 1 N–H and O–H groups in total. The van der Waals surface area contributed by atoms with Gasteiger partial charge >= 0.3 is 6.03 Å². The number of sulfonamides is 1. The highest BCUT2D eigenvalue weighted by molar-refractivity contribution is 7.94. The minimum atomic E-state index is -4.07. The predicted octanol–water partition coefficient (Wildman–Crippen LogP) is 1.84. The van der Waals surface area contributed by atoms with E-state index >= 15 is 0 Å². The average Bonchev–Trinajstić information content (AvgIpc) is 2.54. The highest BCUT2D eigenvalue weighted by Crippen LogP contribution is 2.35. The molecule has 0 spiro atoms. The number of hydrogen-bond donors (Lipinski definition) is 1. The number of nitrogens with one attached hydrogen (secondary N) is 1. The topological polar surface area (TPSA) is 97.8 Å². The molecule has 0 unspecified atom stereocenters. The zero-order chi connectivity index (χ0) is 16.6. The third-order valence-electron chi connectivity index (χ3n) is 3.26. The van der Waals surface area contributed by atoms with E-state index in [9.17, 15) is 13.2 Å². The van der Waals surface area contributed by atoms with Gasteiger partial charge in [-0.15, -0.1) is 0 Å². The van der Waals surface area contributed by atoms with Crippen LogP contribution >= 0.6 is 0 Å². The van der Waals surface area contributed by atoms with Crippen LogP contribution < -0.4 is 19.1 Å². The van der Waals surface area contributed by atoms with E-state index in [-0.39, 0.29) is 22.3 Å². The number of carbonyl (C=O) groups excluding carboxylic acids is 1. The van der Waals surface area contributed by atoms with E-state index in [1.54, 1.807) is 12.1 Å². The summed E-state index contributed by atoms with van der Waals surface area (Å²) in [4.78, 5) is 16.3. The number of pyridine rings is 1. The van der Waals surface area contributed by atoms with Crippen molar-refractivity contribution in [3.05, 3.63) is 36.4 Å². The molecule has 3 rings (SSSR count). The summed E-state index contributed by atoms with van der Waals surface area (Å²) < 4.78 is 36.1.